The Morgan fingerprint density at radius 3 is 2.70 bits per heavy atom. The Kier molecular flexibility index (Phi) is 4.49. The smallest absolute Gasteiger partial charge is 0.123 e. The molecule has 2 atom stereocenters. The quantitative estimate of drug-likeness (QED) is 0.855. The number of nitrogens with zero attached hydrogens (tertiary/aromatic N) is 1. The largest absolute Gasteiger partial charge is 0.496 e. The molecule has 2 rings (SSSR count). The number of halogens is 1. The Hall–Kier alpha value is -0.940. The van der Waals surface area contributed by atoms with Crippen LogP contribution in [0.5, 0.6) is 5.75 Å². The third kappa shape index (κ3) is 3.04. The summed E-state index contributed by atoms with van der Waals surface area (Å²) < 4.78 is 33.2. The molecule has 1 saturated heterocycles. The van der Waals surface area contributed by atoms with E-state index >= 15 is 0 Å². The van der Waals surface area contributed by atoms with Crippen molar-refractivity contribution in [2.75, 3.05) is 13.7 Å². The van der Waals surface area contributed by atoms with Gasteiger partial charge in [-0.2, -0.15) is 0 Å². The van der Waals surface area contributed by atoms with Gasteiger partial charge in [0.1, 0.15) is 22.6 Å². The summed E-state index contributed by atoms with van der Waals surface area (Å²) in [4.78, 5) is 0. The Labute approximate surface area is 122 Å². The summed E-state index contributed by atoms with van der Waals surface area (Å²) in [7, 11) is 0.475. The molecule has 5 heteroatoms. The lowest BCUT2D eigenvalue weighted by Crippen LogP contribution is -2.37. The van der Waals surface area contributed by atoms with Gasteiger partial charge in [-0.1, -0.05) is 0 Å². The summed E-state index contributed by atoms with van der Waals surface area (Å²) in [5, 5.41) is 0. The van der Waals surface area contributed by atoms with Gasteiger partial charge in [0.05, 0.1) is 17.9 Å². The first-order valence-corrected chi connectivity index (χ1v) is 7.97. The van der Waals surface area contributed by atoms with Gasteiger partial charge in [0.15, 0.2) is 0 Å². The highest BCUT2D eigenvalue weighted by molar-refractivity contribution is 7.84. The lowest BCUT2D eigenvalue weighted by molar-refractivity contribution is 0.372. The van der Waals surface area contributed by atoms with Gasteiger partial charge in [-0.3, -0.25) is 0 Å². The van der Waals surface area contributed by atoms with Crippen molar-refractivity contribution in [3.8, 4) is 5.75 Å². The van der Waals surface area contributed by atoms with Crippen molar-refractivity contribution >= 4 is 11.0 Å². The highest BCUT2D eigenvalue weighted by atomic mass is 32.2. The molecule has 1 aliphatic heterocycles. The molecule has 0 spiro atoms. The third-order valence-electron chi connectivity index (χ3n) is 3.49. The second-order valence-electron chi connectivity index (χ2n) is 6.05. The Balaban J connectivity index is 2.36. The lowest BCUT2D eigenvalue weighted by atomic mass is 10.0. The monoisotopic (exact) mass is 299 g/mol. The fourth-order valence-electron chi connectivity index (χ4n) is 2.57. The molecule has 0 N–H and O–H groups in total. The number of benzene rings is 1. The topological polar surface area (TPSA) is 29.5 Å². The number of ether oxygens (including phenoxy) is 1. The van der Waals surface area contributed by atoms with Crippen molar-refractivity contribution in [1.29, 1.82) is 0 Å². The van der Waals surface area contributed by atoms with Crippen molar-refractivity contribution in [1.82, 2.24) is 4.31 Å². The number of rotatable bonds is 3. The van der Waals surface area contributed by atoms with Crippen LogP contribution in [0.4, 0.5) is 4.39 Å². The van der Waals surface area contributed by atoms with Crippen LogP contribution in [-0.4, -0.2) is 26.9 Å². The van der Waals surface area contributed by atoms with Crippen molar-refractivity contribution < 1.29 is 13.3 Å². The van der Waals surface area contributed by atoms with Crippen LogP contribution in [0.15, 0.2) is 18.2 Å². The Morgan fingerprint density at radius 1 is 1.40 bits per heavy atom. The summed E-state index contributed by atoms with van der Waals surface area (Å²) in [6, 6.07) is 4.49. The van der Waals surface area contributed by atoms with E-state index in [1.54, 1.807) is 13.2 Å². The van der Waals surface area contributed by atoms with E-state index in [1.165, 1.54) is 12.1 Å². The second-order valence-corrected chi connectivity index (χ2v) is 8.24. The van der Waals surface area contributed by atoms with Gasteiger partial charge in [0.2, 0.25) is 0 Å². The fraction of sp³-hybridized carbons (Fsp3) is 0.600. The molecule has 20 heavy (non-hydrogen) atoms. The molecule has 1 aromatic carbocycles. The Bertz CT molecular complexity index is 513. The molecule has 1 aliphatic rings. The molecule has 3 nitrogen and oxygen atoms in total. The van der Waals surface area contributed by atoms with Gasteiger partial charge in [-0.25, -0.2) is 12.9 Å². The summed E-state index contributed by atoms with van der Waals surface area (Å²) in [5.41, 5.74) is 0.794. The lowest BCUT2D eigenvalue weighted by Gasteiger charge is -2.30. The third-order valence-corrected chi connectivity index (χ3v) is 5.40. The number of methoxy groups -OCH3 is 1. The minimum atomic E-state index is -1.10. The van der Waals surface area contributed by atoms with Crippen molar-refractivity contribution in [2.24, 2.45) is 0 Å². The molecule has 0 unspecified atom stereocenters. The molecule has 0 saturated carbocycles. The van der Waals surface area contributed by atoms with E-state index in [0.717, 1.165) is 24.9 Å². The molecular weight excluding hydrogens is 277 g/mol. The van der Waals surface area contributed by atoms with Crippen LogP contribution >= 0.6 is 0 Å². The number of hydrogen-bond donors (Lipinski definition) is 0. The average Bonchev–Trinajstić information content (AvgIpc) is 2.85. The molecule has 0 aromatic heterocycles. The van der Waals surface area contributed by atoms with Crippen LogP contribution in [0.1, 0.15) is 45.2 Å². The van der Waals surface area contributed by atoms with Gasteiger partial charge in [-0.15, -0.1) is 0 Å². The Morgan fingerprint density at radius 2 is 2.10 bits per heavy atom. The minimum absolute atomic E-state index is 0.0410. The summed E-state index contributed by atoms with van der Waals surface area (Å²) in [6.07, 6.45) is 1.84. The van der Waals surface area contributed by atoms with Gasteiger partial charge >= 0.3 is 0 Å². The first-order valence-electron chi connectivity index (χ1n) is 6.86. The van der Waals surface area contributed by atoms with Crippen molar-refractivity contribution in [3.05, 3.63) is 29.6 Å². The van der Waals surface area contributed by atoms with Crippen LogP contribution in [0, 0.1) is 5.82 Å². The summed E-state index contributed by atoms with van der Waals surface area (Å²) >= 11 is 0. The maximum absolute atomic E-state index is 13.5. The van der Waals surface area contributed by atoms with Gasteiger partial charge in [0, 0.05) is 12.1 Å². The SMILES string of the molecule is COc1ccc(F)cc1[C@@H]1CCCN1[S@@](=O)C(C)(C)C. The summed E-state index contributed by atoms with van der Waals surface area (Å²) in [6.45, 7) is 6.65. The fourth-order valence-corrected chi connectivity index (χ4v) is 4.02. The van der Waals surface area contributed by atoms with E-state index in [4.69, 9.17) is 4.74 Å². The van der Waals surface area contributed by atoms with E-state index in [-0.39, 0.29) is 16.6 Å². The van der Waals surface area contributed by atoms with Gasteiger partial charge < -0.3 is 4.74 Å². The van der Waals surface area contributed by atoms with Crippen LogP contribution in [-0.2, 0) is 11.0 Å². The molecule has 1 fully saturated rings. The summed E-state index contributed by atoms with van der Waals surface area (Å²) in [5.74, 6) is 0.378. The maximum Gasteiger partial charge on any atom is 0.123 e. The second kappa shape index (κ2) is 5.82. The predicted molar refractivity (Wildman–Crippen MR) is 79.5 cm³/mol. The average molecular weight is 299 g/mol. The zero-order valence-corrected chi connectivity index (χ0v) is 13.3. The van der Waals surface area contributed by atoms with E-state index in [2.05, 4.69) is 0 Å². The van der Waals surface area contributed by atoms with Crippen molar-refractivity contribution in [3.63, 3.8) is 0 Å². The first-order chi connectivity index (χ1) is 9.34. The molecule has 112 valence electrons. The molecule has 0 bridgehead atoms. The van der Waals surface area contributed by atoms with E-state index < -0.39 is 11.0 Å². The molecular formula is C15H22FNO2S. The molecule has 0 amide bonds. The van der Waals surface area contributed by atoms with Crippen molar-refractivity contribution in [2.45, 2.75) is 44.4 Å². The minimum Gasteiger partial charge on any atom is -0.496 e. The van der Waals surface area contributed by atoms with Crippen LogP contribution in [0.25, 0.3) is 0 Å². The normalized spacial score (nSPS) is 21.9. The highest BCUT2D eigenvalue weighted by Gasteiger charge is 2.36. The standard InChI is InChI=1S/C15H22FNO2S/c1-15(2,3)20(18)17-9-5-6-13(17)12-10-11(16)7-8-14(12)19-4/h7-8,10,13H,5-6,9H2,1-4H3/t13-,20-/m0/s1. The molecule has 1 heterocycles. The zero-order chi connectivity index (χ0) is 14.9. The van der Waals surface area contributed by atoms with E-state index in [9.17, 15) is 8.60 Å². The molecule has 0 aliphatic carbocycles. The van der Waals surface area contributed by atoms with E-state index in [0.29, 0.717) is 5.75 Å². The van der Waals surface area contributed by atoms with Gasteiger partial charge in [-0.05, 0) is 51.8 Å². The highest BCUT2D eigenvalue weighted by Crippen LogP contribution is 2.39. The molecule has 1 aromatic rings. The van der Waals surface area contributed by atoms with Crippen LogP contribution in [0.2, 0.25) is 0 Å². The van der Waals surface area contributed by atoms with Gasteiger partial charge in [0.25, 0.3) is 0 Å². The van der Waals surface area contributed by atoms with E-state index in [1.807, 2.05) is 25.1 Å². The zero-order valence-electron chi connectivity index (χ0n) is 12.5. The molecule has 0 radical (unpaired) electrons. The predicted octanol–water partition coefficient (Wildman–Crippen LogP) is 3.43. The maximum atomic E-state index is 13.5. The number of hydrogen-bond acceptors (Lipinski definition) is 2. The van der Waals surface area contributed by atoms with Crippen LogP contribution in [0.3, 0.4) is 0 Å². The van der Waals surface area contributed by atoms with Crippen LogP contribution < -0.4 is 4.74 Å². The first kappa shape index (κ1) is 15.4.